The summed E-state index contributed by atoms with van der Waals surface area (Å²) in [6.07, 6.45) is -0.663. The van der Waals surface area contributed by atoms with Gasteiger partial charge >= 0.3 is 6.18 Å². The van der Waals surface area contributed by atoms with Crippen LogP contribution in [0.15, 0.2) is 47.4 Å². The van der Waals surface area contributed by atoms with E-state index in [2.05, 4.69) is 17.4 Å². The van der Waals surface area contributed by atoms with Crippen molar-refractivity contribution in [2.24, 2.45) is 5.92 Å². The lowest BCUT2D eigenvalue weighted by Crippen LogP contribution is -2.38. The maximum absolute atomic E-state index is 12.6. The number of halogens is 3. The first-order chi connectivity index (χ1) is 14.6. The van der Waals surface area contributed by atoms with Gasteiger partial charge in [0.25, 0.3) is 11.5 Å². The van der Waals surface area contributed by atoms with Gasteiger partial charge < -0.3 is 15.0 Å². The van der Waals surface area contributed by atoms with E-state index in [1.807, 2.05) is 18.2 Å². The van der Waals surface area contributed by atoms with Gasteiger partial charge in [0.2, 0.25) is 0 Å². The van der Waals surface area contributed by atoms with E-state index < -0.39 is 35.7 Å². The van der Waals surface area contributed by atoms with Crippen molar-refractivity contribution in [3.05, 3.63) is 64.1 Å². The Kier molecular flexibility index (Phi) is 7.08. The molecule has 1 aliphatic rings. The van der Waals surface area contributed by atoms with E-state index in [-0.39, 0.29) is 18.2 Å². The molecule has 2 N–H and O–H groups in total. The molecule has 2 aromatic rings. The average Bonchev–Trinajstić information content (AvgIpc) is 2.71. The van der Waals surface area contributed by atoms with Crippen LogP contribution in [-0.2, 0) is 6.54 Å². The molecule has 8 heteroatoms. The molecule has 1 unspecified atom stereocenters. The first-order valence-electron chi connectivity index (χ1n) is 10.5. The Bertz CT molecular complexity index is 949. The standard InChI is InChI=1S/C23H27F3N2O3/c1-15(13-23(24,25)26)14-28-12-11-19(20(29)22(28)31)21(30)27-18-9-7-17(8-10-18)16-5-3-2-4-6-16/h2-6,11-12,15,17-18,29H,7-10,13-14H2,1H3,(H,27,30)/t15?,17-,18+. The highest BCUT2D eigenvalue weighted by Gasteiger charge is 2.30. The number of hydrogen-bond acceptors (Lipinski definition) is 3. The lowest BCUT2D eigenvalue weighted by Gasteiger charge is -2.29. The lowest BCUT2D eigenvalue weighted by molar-refractivity contribution is -0.144. The first-order valence-corrected chi connectivity index (χ1v) is 10.5. The second-order valence-electron chi connectivity index (χ2n) is 8.39. The van der Waals surface area contributed by atoms with Crippen molar-refractivity contribution < 1.29 is 23.1 Å². The van der Waals surface area contributed by atoms with Crippen LogP contribution in [0.1, 0.15) is 60.9 Å². The number of carbonyl (C=O) groups excluding carboxylic acids is 1. The third kappa shape index (κ3) is 6.12. The molecule has 5 nitrogen and oxygen atoms in total. The molecule has 0 aliphatic heterocycles. The predicted molar refractivity (Wildman–Crippen MR) is 111 cm³/mol. The highest BCUT2D eigenvalue weighted by Crippen LogP contribution is 2.33. The van der Waals surface area contributed by atoms with E-state index in [0.717, 1.165) is 30.3 Å². The maximum Gasteiger partial charge on any atom is 0.389 e. The van der Waals surface area contributed by atoms with E-state index in [1.54, 1.807) is 0 Å². The average molecular weight is 436 g/mol. The van der Waals surface area contributed by atoms with Crippen LogP contribution in [0.2, 0.25) is 0 Å². The number of pyridine rings is 1. The number of nitrogens with one attached hydrogen (secondary N) is 1. The Morgan fingerprint density at radius 3 is 2.42 bits per heavy atom. The Morgan fingerprint density at radius 2 is 1.81 bits per heavy atom. The zero-order chi connectivity index (χ0) is 22.6. The second-order valence-corrected chi connectivity index (χ2v) is 8.39. The number of carbonyl (C=O) groups is 1. The van der Waals surface area contributed by atoms with Gasteiger partial charge in [0.15, 0.2) is 5.75 Å². The van der Waals surface area contributed by atoms with Gasteiger partial charge in [-0.25, -0.2) is 0 Å². The predicted octanol–water partition coefficient (Wildman–Crippen LogP) is 4.60. The summed E-state index contributed by atoms with van der Waals surface area (Å²) < 4.78 is 38.5. The first kappa shape index (κ1) is 22.9. The molecule has 0 saturated heterocycles. The molecule has 3 rings (SSSR count). The molecule has 0 radical (unpaired) electrons. The maximum atomic E-state index is 12.6. The molecule has 1 aromatic heterocycles. The molecule has 0 spiro atoms. The van der Waals surface area contributed by atoms with Gasteiger partial charge in [-0.2, -0.15) is 13.2 Å². The highest BCUT2D eigenvalue weighted by molar-refractivity contribution is 5.96. The van der Waals surface area contributed by atoms with Crippen molar-refractivity contribution in [3.8, 4) is 5.75 Å². The topological polar surface area (TPSA) is 71.3 Å². The van der Waals surface area contributed by atoms with Gasteiger partial charge in [-0.1, -0.05) is 37.3 Å². The van der Waals surface area contributed by atoms with Crippen LogP contribution >= 0.6 is 0 Å². The quantitative estimate of drug-likeness (QED) is 0.695. The third-order valence-electron chi connectivity index (χ3n) is 5.81. The van der Waals surface area contributed by atoms with Gasteiger partial charge in [0.05, 0.1) is 5.56 Å². The van der Waals surface area contributed by atoms with E-state index in [1.165, 1.54) is 24.8 Å². The van der Waals surface area contributed by atoms with Crippen LogP contribution in [0.25, 0.3) is 0 Å². The van der Waals surface area contributed by atoms with Gasteiger partial charge in [-0.3, -0.25) is 9.59 Å². The molecule has 31 heavy (non-hydrogen) atoms. The van der Waals surface area contributed by atoms with Gasteiger partial charge in [0, 0.05) is 25.2 Å². The third-order valence-corrected chi connectivity index (χ3v) is 5.81. The molecule has 168 valence electrons. The zero-order valence-electron chi connectivity index (χ0n) is 17.4. The summed E-state index contributed by atoms with van der Waals surface area (Å²) in [4.78, 5) is 24.9. The number of hydrogen-bond donors (Lipinski definition) is 2. The Morgan fingerprint density at radius 1 is 1.16 bits per heavy atom. The van der Waals surface area contributed by atoms with Crippen LogP contribution in [-0.4, -0.2) is 27.8 Å². The number of alkyl halides is 3. The fraction of sp³-hybridized carbons (Fsp3) is 0.478. The number of benzene rings is 1. The fourth-order valence-electron chi connectivity index (χ4n) is 4.24. The van der Waals surface area contributed by atoms with Gasteiger partial charge in [0.1, 0.15) is 0 Å². The number of aromatic nitrogens is 1. The van der Waals surface area contributed by atoms with Crippen LogP contribution < -0.4 is 10.9 Å². The number of aromatic hydroxyl groups is 1. The molecule has 1 aromatic carbocycles. The summed E-state index contributed by atoms with van der Waals surface area (Å²) in [7, 11) is 0. The monoisotopic (exact) mass is 436 g/mol. The summed E-state index contributed by atoms with van der Waals surface area (Å²) >= 11 is 0. The molecule has 1 saturated carbocycles. The van der Waals surface area contributed by atoms with E-state index >= 15 is 0 Å². The molecule has 0 bridgehead atoms. The molecule has 1 aliphatic carbocycles. The van der Waals surface area contributed by atoms with Crippen LogP contribution in [0.3, 0.4) is 0 Å². The Balaban J connectivity index is 1.60. The Labute approximate surface area is 178 Å². The molecule has 1 heterocycles. The van der Waals surface area contributed by atoms with Crippen molar-refractivity contribution in [2.45, 2.75) is 63.7 Å². The largest absolute Gasteiger partial charge is 0.502 e. The SMILES string of the molecule is CC(Cn1ccc(C(=O)N[C@H]2CC[C@@H](c3ccccc3)CC2)c(O)c1=O)CC(F)(F)F. The van der Waals surface area contributed by atoms with E-state index in [0.29, 0.717) is 5.92 Å². The summed E-state index contributed by atoms with van der Waals surface area (Å²) in [5.74, 6) is -1.67. The summed E-state index contributed by atoms with van der Waals surface area (Å²) in [6.45, 7) is 1.18. The molecule has 1 amide bonds. The minimum absolute atomic E-state index is 0.0545. The summed E-state index contributed by atoms with van der Waals surface area (Å²) in [5, 5.41) is 13.1. The van der Waals surface area contributed by atoms with Crippen molar-refractivity contribution in [1.29, 1.82) is 0 Å². The number of amides is 1. The summed E-state index contributed by atoms with van der Waals surface area (Å²) in [6, 6.07) is 11.4. The number of rotatable bonds is 6. The minimum Gasteiger partial charge on any atom is -0.502 e. The van der Waals surface area contributed by atoms with Crippen molar-refractivity contribution in [2.75, 3.05) is 0 Å². The summed E-state index contributed by atoms with van der Waals surface area (Å²) in [5.41, 5.74) is 0.262. The lowest BCUT2D eigenvalue weighted by atomic mass is 9.82. The van der Waals surface area contributed by atoms with Crippen molar-refractivity contribution >= 4 is 5.91 Å². The highest BCUT2D eigenvalue weighted by atomic mass is 19.4. The van der Waals surface area contributed by atoms with Gasteiger partial charge in [-0.05, 0) is 49.1 Å². The Hall–Kier alpha value is -2.77. The van der Waals surface area contributed by atoms with Gasteiger partial charge in [-0.15, -0.1) is 0 Å². The number of nitrogens with zero attached hydrogens (tertiary/aromatic N) is 1. The second kappa shape index (κ2) is 9.58. The molecular weight excluding hydrogens is 409 g/mol. The van der Waals surface area contributed by atoms with E-state index in [4.69, 9.17) is 0 Å². The normalized spacial score (nSPS) is 20.3. The van der Waals surface area contributed by atoms with Crippen LogP contribution in [0, 0.1) is 5.92 Å². The van der Waals surface area contributed by atoms with Crippen molar-refractivity contribution in [1.82, 2.24) is 9.88 Å². The fourth-order valence-corrected chi connectivity index (χ4v) is 4.24. The zero-order valence-corrected chi connectivity index (χ0v) is 17.4. The van der Waals surface area contributed by atoms with E-state index in [9.17, 15) is 27.9 Å². The molecular formula is C23H27F3N2O3. The smallest absolute Gasteiger partial charge is 0.389 e. The van der Waals surface area contributed by atoms with Crippen LogP contribution in [0.5, 0.6) is 5.75 Å². The minimum atomic E-state index is -4.33. The van der Waals surface area contributed by atoms with Crippen LogP contribution in [0.4, 0.5) is 13.2 Å². The molecule has 1 atom stereocenters. The van der Waals surface area contributed by atoms with Crippen molar-refractivity contribution in [3.63, 3.8) is 0 Å². The molecule has 1 fully saturated rings.